The van der Waals surface area contributed by atoms with E-state index in [9.17, 15) is 0 Å². The van der Waals surface area contributed by atoms with E-state index >= 15 is 0 Å². The van der Waals surface area contributed by atoms with Gasteiger partial charge in [-0.3, -0.25) is 0 Å². The maximum Gasteiger partial charge on any atom is 0.232 e. The zero-order valence-electron chi connectivity index (χ0n) is 14.5. The summed E-state index contributed by atoms with van der Waals surface area (Å²) in [4.78, 5) is 12.9. The van der Waals surface area contributed by atoms with Gasteiger partial charge in [-0.05, 0) is 31.2 Å². The van der Waals surface area contributed by atoms with E-state index in [-0.39, 0.29) is 11.2 Å². The highest BCUT2D eigenvalue weighted by Gasteiger charge is 2.13. The minimum atomic E-state index is 0.0796. The van der Waals surface area contributed by atoms with Crippen LogP contribution in [0.5, 0.6) is 5.75 Å². The van der Waals surface area contributed by atoms with Crippen LogP contribution in [0.3, 0.4) is 0 Å². The van der Waals surface area contributed by atoms with Gasteiger partial charge < -0.3 is 15.8 Å². The quantitative estimate of drug-likeness (QED) is 0.580. The van der Waals surface area contributed by atoms with Crippen LogP contribution < -0.4 is 15.8 Å². The summed E-state index contributed by atoms with van der Waals surface area (Å²) in [5.74, 6) is 3.01. The zero-order chi connectivity index (χ0) is 18.2. The maximum absolute atomic E-state index is 5.85. The van der Waals surface area contributed by atoms with Gasteiger partial charge in [0.1, 0.15) is 11.6 Å². The first-order chi connectivity index (χ1) is 12.7. The van der Waals surface area contributed by atoms with Gasteiger partial charge in [0.25, 0.3) is 0 Å². The molecule has 0 saturated carbocycles. The number of nitrogen functional groups attached to an aromatic ring is 1. The van der Waals surface area contributed by atoms with Crippen molar-refractivity contribution < 1.29 is 4.74 Å². The van der Waals surface area contributed by atoms with Gasteiger partial charge in [-0.2, -0.15) is 15.0 Å². The minimum Gasteiger partial charge on any atom is -0.493 e. The summed E-state index contributed by atoms with van der Waals surface area (Å²) in [5.41, 5.74) is 6.75. The topological polar surface area (TPSA) is 86.0 Å². The van der Waals surface area contributed by atoms with Crippen LogP contribution in [-0.4, -0.2) is 27.3 Å². The number of hydrogen-bond acceptors (Lipinski definition) is 7. The van der Waals surface area contributed by atoms with Crippen molar-refractivity contribution in [1.29, 1.82) is 0 Å². The summed E-state index contributed by atoms with van der Waals surface area (Å²) < 4.78 is 5.71. The zero-order valence-corrected chi connectivity index (χ0v) is 15.3. The summed E-state index contributed by atoms with van der Waals surface area (Å²) in [7, 11) is 0. The van der Waals surface area contributed by atoms with E-state index in [0.29, 0.717) is 18.4 Å². The molecule has 3 aromatic rings. The van der Waals surface area contributed by atoms with Gasteiger partial charge in [-0.1, -0.05) is 36.4 Å². The highest BCUT2D eigenvalue weighted by atomic mass is 32.2. The molecule has 0 spiro atoms. The molecule has 3 N–H and O–H groups in total. The lowest BCUT2D eigenvalue weighted by molar-refractivity contribution is 0.344. The van der Waals surface area contributed by atoms with Crippen molar-refractivity contribution in [3.63, 3.8) is 0 Å². The van der Waals surface area contributed by atoms with Gasteiger partial charge in [-0.15, -0.1) is 11.8 Å². The van der Waals surface area contributed by atoms with Crippen molar-refractivity contribution in [3.8, 4) is 5.75 Å². The normalized spacial score (nSPS) is 11.7. The van der Waals surface area contributed by atoms with Crippen molar-refractivity contribution in [2.45, 2.75) is 12.2 Å². The van der Waals surface area contributed by atoms with Crippen molar-refractivity contribution in [2.24, 2.45) is 0 Å². The third-order valence-corrected chi connectivity index (χ3v) is 4.64. The first kappa shape index (κ1) is 18.0. The van der Waals surface area contributed by atoms with Gasteiger partial charge >= 0.3 is 0 Å². The standard InChI is InChI=1S/C19H21N5OS/c1-14(26-13-12-25-16-10-6-3-7-11-16)17-22-18(20)24-19(23-17)21-15-8-4-2-5-9-15/h2-11,14H,12-13H2,1H3,(H3,20,21,22,23,24). The predicted octanol–water partition coefficient (Wildman–Crippen LogP) is 4.07. The molecule has 134 valence electrons. The molecule has 0 aliphatic rings. The Balaban J connectivity index is 1.55. The molecular weight excluding hydrogens is 346 g/mol. The first-order valence-corrected chi connectivity index (χ1v) is 9.38. The monoisotopic (exact) mass is 367 g/mol. The lowest BCUT2D eigenvalue weighted by Crippen LogP contribution is -2.09. The van der Waals surface area contributed by atoms with Crippen LogP contribution in [0.2, 0.25) is 0 Å². The van der Waals surface area contributed by atoms with Gasteiger partial charge in [0, 0.05) is 11.4 Å². The molecule has 1 unspecified atom stereocenters. The molecular formula is C19H21N5OS. The Morgan fingerprint density at radius 2 is 1.69 bits per heavy atom. The Labute approximate surface area is 157 Å². The number of para-hydroxylation sites is 2. The predicted molar refractivity (Wildman–Crippen MR) is 107 cm³/mol. The summed E-state index contributed by atoms with van der Waals surface area (Å²) in [6, 6.07) is 19.5. The van der Waals surface area contributed by atoms with E-state index in [2.05, 4.69) is 20.3 Å². The molecule has 1 aromatic heterocycles. The molecule has 3 rings (SSSR count). The Morgan fingerprint density at radius 1 is 1.00 bits per heavy atom. The number of nitrogens with two attached hydrogens (primary N) is 1. The smallest absolute Gasteiger partial charge is 0.232 e. The Bertz CT molecular complexity index is 817. The lowest BCUT2D eigenvalue weighted by atomic mass is 10.3. The third-order valence-electron chi connectivity index (χ3n) is 3.53. The van der Waals surface area contributed by atoms with Crippen LogP contribution in [0.15, 0.2) is 60.7 Å². The molecule has 0 radical (unpaired) electrons. The van der Waals surface area contributed by atoms with E-state index in [0.717, 1.165) is 17.2 Å². The summed E-state index contributed by atoms with van der Waals surface area (Å²) in [6.45, 7) is 2.67. The third kappa shape index (κ3) is 5.35. The Hall–Kier alpha value is -2.80. The van der Waals surface area contributed by atoms with E-state index in [4.69, 9.17) is 10.5 Å². The van der Waals surface area contributed by atoms with Crippen molar-refractivity contribution in [1.82, 2.24) is 15.0 Å². The van der Waals surface area contributed by atoms with Crippen LogP contribution >= 0.6 is 11.8 Å². The second-order valence-corrected chi connectivity index (χ2v) is 6.99. The molecule has 1 atom stereocenters. The molecule has 0 fully saturated rings. The highest BCUT2D eigenvalue weighted by Crippen LogP contribution is 2.26. The Morgan fingerprint density at radius 3 is 2.42 bits per heavy atom. The average Bonchev–Trinajstić information content (AvgIpc) is 2.66. The summed E-state index contributed by atoms with van der Waals surface area (Å²) >= 11 is 1.71. The molecule has 6 nitrogen and oxygen atoms in total. The van der Waals surface area contributed by atoms with Crippen LogP contribution in [0.1, 0.15) is 18.0 Å². The molecule has 1 heterocycles. The number of aromatic nitrogens is 3. The molecule has 0 aliphatic heterocycles. The van der Waals surface area contributed by atoms with E-state index < -0.39 is 0 Å². The fraction of sp³-hybridized carbons (Fsp3) is 0.211. The second-order valence-electron chi connectivity index (χ2n) is 5.54. The largest absolute Gasteiger partial charge is 0.493 e. The lowest BCUT2D eigenvalue weighted by Gasteiger charge is -2.12. The minimum absolute atomic E-state index is 0.0796. The first-order valence-electron chi connectivity index (χ1n) is 8.33. The SMILES string of the molecule is CC(SCCOc1ccccc1)c1nc(N)nc(Nc2ccccc2)n1. The molecule has 0 aliphatic carbocycles. The molecule has 2 aromatic carbocycles. The van der Waals surface area contributed by atoms with Crippen LogP contribution in [0.25, 0.3) is 0 Å². The molecule has 7 heteroatoms. The number of nitrogens with one attached hydrogen (secondary N) is 1. The number of hydrogen-bond donors (Lipinski definition) is 2. The highest BCUT2D eigenvalue weighted by molar-refractivity contribution is 7.99. The van der Waals surface area contributed by atoms with Crippen molar-refractivity contribution in [2.75, 3.05) is 23.4 Å². The molecule has 0 saturated heterocycles. The Kier molecular flexibility index (Phi) is 6.27. The van der Waals surface area contributed by atoms with Crippen molar-refractivity contribution in [3.05, 3.63) is 66.5 Å². The molecule has 0 bridgehead atoms. The number of ether oxygens (including phenoxy) is 1. The number of thioether (sulfide) groups is 1. The van der Waals surface area contributed by atoms with E-state index in [1.807, 2.05) is 67.6 Å². The van der Waals surface area contributed by atoms with Crippen LogP contribution in [0, 0.1) is 0 Å². The average molecular weight is 367 g/mol. The fourth-order valence-electron chi connectivity index (χ4n) is 2.27. The second kappa shape index (κ2) is 9.05. The van der Waals surface area contributed by atoms with Gasteiger partial charge in [-0.25, -0.2) is 0 Å². The number of nitrogens with zero attached hydrogens (tertiary/aromatic N) is 3. The number of benzene rings is 2. The van der Waals surface area contributed by atoms with Gasteiger partial charge in [0.15, 0.2) is 0 Å². The van der Waals surface area contributed by atoms with E-state index in [1.165, 1.54) is 0 Å². The maximum atomic E-state index is 5.85. The van der Waals surface area contributed by atoms with Gasteiger partial charge in [0.05, 0.1) is 11.9 Å². The number of anilines is 3. The van der Waals surface area contributed by atoms with Crippen molar-refractivity contribution >= 4 is 29.3 Å². The van der Waals surface area contributed by atoms with Gasteiger partial charge in [0.2, 0.25) is 11.9 Å². The fourth-order valence-corrected chi connectivity index (χ4v) is 3.06. The molecule has 26 heavy (non-hydrogen) atoms. The summed E-state index contributed by atoms with van der Waals surface area (Å²) in [5, 5.41) is 3.23. The van der Waals surface area contributed by atoms with E-state index in [1.54, 1.807) is 11.8 Å². The summed E-state index contributed by atoms with van der Waals surface area (Å²) in [6.07, 6.45) is 0. The van der Waals surface area contributed by atoms with Crippen LogP contribution in [-0.2, 0) is 0 Å². The molecule has 0 amide bonds. The van der Waals surface area contributed by atoms with Crippen LogP contribution in [0.4, 0.5) is 17.6 Å². The number of rotatable bonds is 8.